The van der Waals surface area contributed by atoms with Crippen LogP contribution in [-0.2, 0) is 0 Å². The van der Waals surface area contributed by atoms with Crippen molar-refractivity contribution in [3.63, 3.8) is 0 Å². The third-order valence-electron chi connectivity index (χ3n) is 3.31. The van der Waals surface area contributed by atoms with Crippen LogP contribution in [0.2, 0.25) is 0 Å². The first-order valence-electron chi connectivity index (χ1n) is 6.17. The number of piperazine rings is 1. The molecule has 2 N–H and O–H groups in total. The normalized spacial score (nSPS) is 17.7. The number of halogens is 1. The summed E-state index contributed by atoms with van der Waals surface area (Å²) in [4.78, 5) is 2.10. The standard InChI is InChI=1S/C14H16FN3O/c1-2-13(18-5-3-17-4-6-18)11-7-10(9-16)8-12(15)14(11)19/h2,7-8,13,17,19H,1,3-6H2/t13-/m1/s1. The van der Waals surface area contributed by atoms with Crippen LogP contribution < -0.4 is 5.32 Å². The fraction of sp³-hybridized carbons (Fsp3) is 0.357. The van der Waals surface area contributed by atoms with Gasteiger partial charge in [-0.25, -0.2) is 4.39 Å². The van der Waals surface area contributed by atoms with Crippen LogP contribution in [0, 0.1) is 17.1 Å². The Morgan fingerprint density at radius 3 is 2.74 bits per heavy atom. The van der Waals surface area contributed by atoms with Crippen molar-refractivity contribution >= 4 is 0 Å². The number of benzene rings is 1. The van der Waals surface area contributed by atoms with Gasteiger partial charge in [-0.3, -0.25) is 4.90 Å². The molecule has 0 amide bonds. The van der Waals surface area contributed by atoms with Crippen LogP contribution in [-0.4, -0.2) is 36.2 Å². The van der Waals surface area contributed by atoms with Gasteiger partial charge in [-0.1, -0.05) is 6.08 Å². The molecule has 5 heteroatoms. The van der Waals surface area contributed by atoms with Gasteiger partial charge in [-0.2, -0.15) is 5.26 Å². The fourth-order valence-electron chi connectivity index (χ4n) is 2.34. The van der Waals surface area contributed by atoms with Gasteiger partial charge >= 0.3 is 0 Å². The highest BCUT2D eigenvalue weighted by Crippen LogP contribution is 2.32. The van der Waals surface area contributed by atoms with Crippen LogP contribution in [0.15, 0.2) is 24.8 Å². The maximum absolute atomic E-state index is 13.6. The van der Waals surface area contributed by atoms with Crippen molar-refractivity contribution in [1.82, 2.24) is 10.2 Å². The molecule has 0 bridgehead atoms. The van der Waals surface area contributed by atoms with E-state index in [1.165, 1.54) is 6.07 Å². The molecule has 100 valence electrons. The zero-order valence-electron chi connectivity index (χ0n) is 10.6. The van der Waals surface area contributed by atoms with E-state index in [2.05, 4.69) is 16.8 Å². The van der Waals surface area contributed by atoms with Gasteiger partial charge in [0.05, 0.1) is 17.7 Å². The number of rotatable bonds is 3. The first-order chi connectivity index (χ1) is 9.17. The summed E-state index contributed by atoms with van der Waals surface area (Å²) in [7, 11) is 0. The number of phenols is 1. The van der Waals surface area contributed by atoms with E-state index < -0.39 is 11.6 Å². The number of nitrogens with zero attached hydrogens (tertiary/aromatic N) is 2. The van der Waals surface area contributed by atoms with Crippen molar-refractivity contribution in [3.8, 4) is 11.8 Å². The molecule has 19 heavy (non-hydrogen) atoms. The van der Waals surface area contributed by atoms with Gasteiger partial charge in [-0.05, 0) is 12.1 Å². The third kappa shape index (κ3) is 2.75. The largest absolute Gasteiger partial charge is 0.505 e. The molecule has 0 spiro atoms. The summed E-state index contributed by atoms with van der Waals surface area (Å²) < 4.78 is 13.6. The Labute approximate surface area is 111 Å². The van der Waals surface area contributed by atoms with E-state index in [1.54, 1.807) is 6.08 Å². The highest BCUT2D eigenvalue weighted by atomic mass is 19.1. The molecule has 2 rings (SSSR count). The molecule has 0 aliphatic carbocycles. The molecule has 1 fully saturated rings. The Morgan fingerprint density at radius 1 is 1.47 bits per heavy atom. The number of hydrogen-bond donors (Lipinski definition) is 2. The minimum Gasteiger partial charge on any atom is -0.505 e. The first kappa shape index (κ1) is 13.5. The van der Waals surface area contributed by atoms with E-state index in [-0.39, 0.29) is 11.6 Å². The molecule has 1 saturated heterocycles. The van der Waals surface area contributed by atoms with Gasteiger partial charge in [-0.15, -0.1) is 6.58 Å². The van der Waals surface area contributed by atoms with Crippen molar-refractivity contribution in [2.24, 2.45) is 0 Å². The van der Waals surface area contributed by atoms with Crippen LogP contribution >= 0.6 is 0 Å². The molecule has 1 heterocycles. The van der Waals surface area contributed by atoms with Gasteiger partial charge < -0.3 is 10.4 Å². The van der Waals surface area contributed by atoms with Crippen molar-refractivity contribution in [2.45, 2.75) is 6.04 Å². The summed E-state index contributed by atoms with van der Waals surface area (Å²) in [6, 6.07) is 4.17. The molecule has 0 saturated carbocycles. The SMILES string of the molecule is C=C[C@H](c1cc(C#N)cc(F)c1O)N1CCNCC1. The third-order valence-corrected chi connectivity index (χ3v) is 3.31. The van der Waals surface area contributed by atoms with E-state index in [0.717, 1.165) is 32.2 Å². The Balaban J connectivity index is 2.39. The lowest BCUT2D eigenvalue weighted by Gasteiger charge is -2.33. The number of nitrogens with one attached hydrogen (secondary N) is 1. The van der Waals surface area contributed by atoms with Crippen LogP contribution in [0.3, 0.4) is 0 Å². The smallest absolute Gasteiger partial charge is 0.166 e. The Bertz CT molecular complexity index is 518. The Hall–Kier alpha value is -1.90. The van der Waals surface area contributed by atoms with Crippen molar-refractivity contribution in [2.75, 3.05) is 26.2 Å². The monoisotopic (exact) mass is 261 g/mol. The molecule has 0 aromatic heterocycles. The van der Waals surface area contributed by atoms with Crippen LogP contribution in [0.5, 0.6) is 5.75 Å². The summed E-state index contributed by atoms with van der Waals surface area (Å²) in [6.07, 6.45) is 1.67. The molecule has 0 unspecified atom stereocenters. The minimum atomic E-state index is -0.768. The maximum atomic E-state index is 13.6. The quantitative estimate of drug-likeness (QED) is 0.810. The number of hydrogen-bond acceptors (Lipinski definition) is 4. The molecule has 1 aromatic rings. The van der Waals surface area contributed by atoms with Crippen molar-refractivity contribution < 1.29 is 9.50 Å². The molecular formula is C14H16FN3O. The van der Waals surface area contributed by atoms with Crippen molar-refractivity contribution in [1.29, 1.82) is 5.26 Å². The average molecular weight is 261 g/mol. The maximum Gasteiger partial charge on any atom is 0.166 e. The minimum absolute atomic E-state index is 0.201. The van der Waals surface area contributed by atoms with Crippen LogP contribution in [0.1, 0.15) is 17.2 Å². The van der Waals surface area contributed by atoms with E-state index in [9.17, 15) is 9.50 Å². The van der Waals surface area contributed by atoms with Crippen LogP contribution in [0.25, 0.3) is 0 Å². The van der Waals surface area contributed by atoms with Gasteiger partial charge in [0, 0.05) is 31.7 Å². The van der Waals surface area contributed by atoms with E-state index in [0.29, 0.717) is 5.56 Å². The molecule has 1 aliphatic heterocycles. The summed E-state index contributed by atoms with van der Waals surface area (Å²) in [5.74, 6) is -1.17. The Morgan fingerprint density at radius 2 is 2.16 bits per heavy atom. The highest BCUT2D eigenvalue weighted by Gasteiger charge is 2.24. The molecule has 4 nitrogen and oxygen atoms in total. The van der Waals surface area contributed by atoms with Crippen LogP contribution in [0.4, 0.5) is 4.39 Å². The summed E-state index contributed by atoms with van der Waals surface area (Å²) in [5.41, 5.74) is 0.598. The highest BCUT2D eigenvalue weighted by molar-refractivity contribution is 5.45. The van der Waals surface area contributed by atoms with E-state index >= 15 is 0 Å². The summed E-state index contributed by atoms with van der Waals surface area (Å²) in [6.45, 7) is 7.01. The van der Waals surface area contributed by atoms with Gasteiger partial charge in [0.25, 0.3) is 0 Å². The van der Waals surface area contributed by atoms with E-state index in [4.69, 9.17) is 5.26 Å². The predicted octanol–water partition coefficient (Wildman–Crippen LogP) is 1.54. The van der Waals surface area contributed by atoms with Gasteiger partial charge in [0.1, 0.15) is 0 Å². The summed E-state index contributed by atoms with van der Waals surface area (Å²) >= 11 is 0. The van der Waals surface area contributed by atoms with Gasteiger partial charge in [0.2, 0.25) is 0 Å². The average Bonchev–Trinajstić information content (AvgIpc) is 2.45. The summed E-state index contributed by atoms with van der Waals surface area (Å²) in [5, 5.41) is 22.0. The second kappa shape index (κ2) is 5.83. The number of phenolic OH excluding ortho intramolecular Hbond substituents is 1. The zero-order valence-corrected chi connectivity index (χ0v) is 10.6. The first-order valence-corrected chi connectivity index (χ1v) is 6.17. The molecule has 0 radical (unpaired) electrons. The fourth-order valence-corrected chi connectivity index (χ4v) is 2.34. The van der Waals surface area contributed by atoms with Gasteiger partial charge in [0.15, 0.2) is 11.6 Å². The lowest BCUT2D eigenvalue weighted by Crippen LogP contribution is -2.44. The molecule has 1 aliphatic rings. The van der Waals surface area contributed by atoms with E-state index in [1.807, 2.05) is 6.07 Å². The topological polar surface area (TPSA) is 59.3 Å². The lowest BCUT2D eigenvalue weighted by molar-refractivity contribution is 0.200. The molecule has 1 atom stereocenters. The zero-order chi connectivity index (χ0) is 13.8. The number of nitriles is 1. The second-order valence-electron chi connectivity index (χ2n) is 4.47. The molecular weight excluding hydrogens is 245 g/mol. The molecule has 1 aromatic carbocycles. The predicted molar refractivity (Wildman–Crippen MR) is 70.2 cm³/mol. The Kier molecular flexibility index (Phi) is 4.15. The second-order valence-corrected chi connectivity index (χ2v) is 4.47. The number of aromatic hydroxyl groups is 1. The van der Waals surface area contributed by atoms with Crippen molar-refractivity contribution in [3.05, 3.63) is 41.7 Å². The lowest BCUT2D eigenvalue weighted by atomic mass is 10.0.